The number of para-hydroxylation sites is 1. The molecule has 0 saturated heterocycles. The highest BCUT2D eigenvalue weighted by Gasteiger charge is 2.14. The van der Waals surface area contributed by atoms with E-state index >= 15 is 0 Å². The molecule has 0 aliphatic heterocycles. The summed E-state index contributed by atoms with van der Waals surface area (Å²) in [5.74, 6) is -1.77. The number of nitrogens with one attached hydrogen (secondary N) is 1. The number of hydrogen-bond acceptors (Lipinski definition) is 3. The fourth-order valence-electron chi connectivity index (χ4n) is 3.92. The molecule has 5 nitrogen and oxygen atoms in total. The summed E-state index contributed by atoms with van der Waals surface area (Å²) in [6.07, 6.45) is 1.92. The number of rotatable bonds is 8. The summed E-state index contributed by atoms with van der Waals surface area (Å²) in [5, 5.41) is 7.75. The Morgan fingerprint density at radius 3 is 2.38 bits per heavy atom. The SMILES string of the molecule is O=C(NCc1cn(-c2ccccc2)nc1-c1ccccc1)c1cccc(COc2ccc(F)cc2F)c1. The van der Waals surface area contributed by atoms with Crippen molar-refractivity contribution in [1.82, 2.24) is 15.1 Å². The summed E-state index contributed by atoms with van der Waals surface area (Å²) >= 11 is 0. The molecule has 0 bridgehead atoms. The standard InChI is InChI=1S/C30H23F2N3O2/c31-25-14-15-28(27(32)17-25)37-20-21-8-7-11-23(16-21)30(36)33-18-24-19-35(26-12-5-2-6-13-26)34-29(24)22-9-3-1-4-10-22/h1-17,19H,18,20H2,(H,33,36). The molecular weight excluding hydrogens is 472 g/mol. The smallest absolute Gasteiger partial charge is 0.251 e. The Balaban J connectivity index is 1.31. The minimum atomic E-state index is -0.779. The lowest BCUT2D eigenvalue weighted by molar-refractivity contribution is 0.0950. The van der Waals surface area contributed by atoms with E-state index < -0.39 is 11.6 Å². The molecule has 0 aliphatic rings. The van der Waals surface area contributed by atoms with Crippen molar-refractivity contribution in [2.75, 3.05) is 0 Å². The molecule has 7 heteroatoms. The third kappa shape index (κ3) is 5.73. The zero-order chi connectivity index (χ0) is 25.6. The molecule has 1 amide bonds. The fourth-order valence-corrected chi connectivity index (χ4v) is 3.92. The van der Waals surface area contributed by atoms with E-state index in [1.165, 1.54) is 6.07 Å². The van der Waals surface area contributed by atoms with E-state index in [0.717, 1.165) is 34.6 Å². The van der Waals surface area contributed by atoms with Crippen LogP contribution in [-0.2, 0) is 13.2 Å². The summed E-state index contributed by atoms with van der Waals surface area (Å²) < 4.78 is 34.2. The molecule has 5 aromatic rings. The highest BCUT2D eigenvalue weighted by Crippen LogP contribution is 2.24. The van der Waals surface area contributed by atoms with Gasteiger partial charge in [0.05, 0.1) is 11.4 Å². The Hall–Kier alpha value is -4.78. The van der Waals surface area contributed by atoms with Crippen LogP contribution < -0.4 is 10.1 Å². The molecule has 0 aliphatic carbocycles. The van der Waals surface area contributed by atoms with Crippen LogP contribution in [0.5, 0.6) is 5.75 Å². The van der Waals surface area contributed by atoms with Crippen molar-refractivity contribution in [2.24, 2.45) is 0 Å². The molecule has 0 unspecified atom stereocenters. The lowest BCUT2D eigenvalue weighted by atomic mass is 10.1. The summed E-state index contributed by atoms with van der Waals surface area (Å²) in [5.41, 5.74) is 4.65. The number of benzene rings is 4. The zero-order valence-electron chi connectivity index (χ0n) is 19.8. The van der Waals surface area contributed by atoms with Gasteiger partial charge in [0.2, 0.25) is 0 Å². The van der Waals surface area contributed by atoms with Crippen molar-refractivity contribution in [3.05, 3.63) is 138 Å². The third-order valence-corrected chi connectivity index (χ3v) is 5.77. The zero-order valence-corrected chi connectivity index (χ0v) is 19.8. The largest absolute Gasteiger partial charge is 0.486 e. The van der Waals surface area contributed by atoms with Crippen LogP contribution in [0.4, 0.5) is 8.78 Å². The van der Waals surface area contributed by atoms with Gasteiger partial charge >= 0.3 is 0 Å². The van der Waals surface area contributed by atoms with Gasteiger partial charge in [-0.3, -0.25) is 4.79 Å². The van der Waals surface area contributed by atoms with E-state index in [4.69, 9.17) is 9.84 Å². The molecule has 37 heavy (non-hydrogen) atoms. The Labute approximate surface area is 213 Å². The first-order chi connectivity index (χ1) is 18.1. The molecule has 5 rings (SSSR count). The van der Waals surface area contributed by atoms with Gasteiger partial charge in [-0.2, -0.15) is 5.10 Å². The maximum absolute atomic E-state index is 13.9. The maximum atomic E-state index is 13.9. The van der Waals surface area contributed by atoms with E-state index in [1.807, 2.05) is 66.9 Å². The molecule has 4 aromatic carbocycles. The van der Waals surface area contributed by atoms with Gasteiger partial charge in [-0.05, 0) is 42.0 Å². The average Bonchev–Trinajstić information content (AvgIpc) is 3.37. The van der Waals surface area contributed by atoms with Crippen LogP contribution in [0.15, 0.2) is 109 Å². The van der Waals surface area contributed by atoms with Crippen molar-refractivity contribution < 1.29 is 18.3 Å². The maximum Gasteiger partial charge on any atom is 0.251 e. The van der Waals surface area contributed by atoms with Crippen LogP contribution in [0.25, 0.3) is 16.9 Å². The van der Waals surface area contributed by atoms with Gasteiger partial charge in [-0.1, -0.05) is 60.7 Å². The Morgan fingerprint density at radius 1 is 0.865 bits per heavy atom. The van der Waals surface area contributed by atoms with Gasteiger partial charge in [0.1, 0.15) is 12.4 Å². The Morgan fingerprint density at radius 2 is 1.62 bits per heavy atom. The van der Waals surface area contributed by atoms with E-state index in [1.54, 1.807) is 28.9 Å². The van der Waals surface area contributed by atoms with E-state index in [9.17, 15) is 13.6 Å². The summed E-state index contributed by atoms with van der Waals surface area (Å²) in [4.78, 5) is 13.0. The molecule has 1 N–H and O–H groups in total. The second kappa shape index (κ2) is 10.9. The van der Waals surface area contributed by atoms with Gasteiger partial charge in [0.15, 0.2) is 11.6 Å². The van der Waals surface area contributed by atoms with Crippen LogP contribution in [0.2, 0.25) is 0 Å². The summed E-state index contributed by atoms with van der Waals surface area (Å²) in [6.45, 7) is 0.309. The number of carbonyl (C=O) groups excluding carboxylic acids is 1. The first-order valence-corrected chi connectivity index (χ1v) is 11.7. The minimum Gasteiger partial charge on any atom is -0.486 e. The predicted molar refractivity (Wildman–Crippen MR) is 137 cm³/mol. The number of amides is 1. The number of halogens is 2. The van der Waals surface area contributed by atoms with Crippen molar-refractivity contribution in [1.29, 1.82) is 0 Å². The van der Waals surface area contributed by atoms with E-state index in [0.29, 0.717) is 11.1 Å². The molecule has 0 atom stereocenters. The molecule has 0 radical (unpaired) electrons. The summed E-state index contributed by atoms with van der Waals surface area (Å²) in [7, 11) is 0. The van der Waals surface area contributed by atoms with Crippen molar-refractivity contribution in [3.63, 3.8) is 0 Å². The number of aromatic nitrogens is 2. The van der Waals surface area contributed by atoms with E-state index in [2.05, 4.69) is 5.32 Å². The second-order valence-electron chi connectivity index (χ2n) is 8.40. The van der Waals surface area contributed by atoms with Gasteiger partial charge < -0.3 is 10.1 Å². The van der Waals surface area contributed by atoms with Crippen LogP contribution >= 0.6 is 0 Å². The molecule has 184 valence electrons. The highest BCUT2D eigenvalue weighted by atomic mass is 19.1. The topological polar surface area (TPSA) is 56.2 Å². The van der Waals surface area contributed by atoms with Crippen molar-refractivity contribution in [3.8, 4) is 22.7 Å². The Bertz CT molecular complexity index is 1520. The third-order valence-electron chi connectivity index (χ3n) is 5.77. The monoisotopic (exact) mass is 495 g/mol. The normalized spacial score (nSPS) is 10.8. The molecular formula is C30H23F2N3O2. The van der Waals surface area contributed by atoms with Crippen LogP contribution in [0, 0.1) is 11.6 Å². The number of nitrogens with zero attached hydrogens (tertiary/aromatic N) is 2. The fraction of sp³-hybridized carbons (Fsp3) is 0.0667. The molecule has 1 heterocycles. The van der Waals surface area contributed by atoms with Crippen molar-refractivity contribution >= 4 is 5.91 Å². The average molecular weight is 496 g/mol. The number of hydrogen-bond donors (Lipinski definition) is 1. The predicted octanol–water partition coefficient (Wildman–Crippen LogP) is 6.33. The van der Waals surface area contributed by atoms with Gasteiger partial charge in [0.25, 0.3) is 5.91 Å². The molecule has 0 spiro atoms. The number of ether oxygens (including phenoxy) is 1. The summed E-state index contributed by atoms with van der Waals surface area (Å²) in [6, 6.07) is 29.6. The molecule has 0 saturated carbocycles. The Kier molecular flexibility index (Phi) is 7.03. The van der Waals surface area contributed by atoms with E-state index in [-0.39, 0.29) is 24.8 Å². The van der Waals surface area contributed by atoms with Crippen LogP contribution in [0.3, 0.4) is 0 Å². The first kappa shape index (κ1) is 23.9. The lowest BCUT2D eigenvalue weighted by Crippen LogP contribution is -2.23. The molecule has 1 aromatic heterocycles. The van der Waals surface area contributed by atoms with Crippen LogP contribution in [-0.4, -0.2) is 15.7 Å². The quantitative estimate of drug-likeness (QED) is 0.274. The van der Waals surface area contributed by atoms with Gasteiger partial charge in [-0.15, -0.1) is 0 Å². The first-order valence-electron chi connectivity index (χ1n) is 11.7. The van der Waals surface area contributed by atoms with Gasteiger partial charge in [-0.25, -0.2) is 13.5 Å². The van der Waals surface area contributed by atoms with Crippen LogP contribution in [0.1, 0.15) is 21.5 Å². The van der Waals surface area contributed by atoms with Crippen molar-refractivity contribution in [2.45, 2.75) is 13.2 Å². The minimum absolute atomic E-state index is 0.0334. The van der Waals surface area contributed by atoms with Gasteiger partial charge in [0, 0.05) is 35.5 Å². The lowest BCUT2D eigenvalue weighted by Gasteiger charge is -2.09. The second-order valence-corrected chi connectivity index (χ2v) is 8.40. The highest BCUT2D eigenvalue weighted by molar-refractivity contribution is 5.94. The number of carbonyl (C=O) groups is 1. The molecule has 0 fully saturated rings.